The van der Waals surface area contributed by atoms with Crippen LogP contribution in [-0.4, -0.2) is 15.0 Å². The highest BCUT2D eigenvalue weighted by Gasteiger charge is 2.22. The molecule has 1 aliphatic carbocycles. The summed E-state index contributed by atoms with van der Waals surface area (Å²) in [4.78, 5) is 0. The molecule has 82 valence electrons. The molecule has 0 amide bonds. The van der Waals surface area contributed by atoms with E-state index in [0.717, 1.165) is 28.2 Å². The van der Waals surface area contributed by atoms with E-state index in [1.807, 2.05) is 23.0 Å². The molecule has 1 aliphatic rings. The zero-order chi connectivity index (χ0) is 11.0. The van der Waals surface area contributed by atoms with Crippen LogP contribution in [0.3, 0.4) is 0 Å². The number of nitrogens with zero attached hydrogens (tertiary/aromatic N) is 3. The number of benzene rings is 1. The van der Waals surface area contributed by atoms with E-state index in [1.54, 1.807) is 0 Å². The van der Waals surface area contributed by atoms with Crippen LogP contribution in [0.4, 0.5) is 0 Å². The predicted molar refractivity (Wildman–Crippen MR) is 65.9 cm³/mol. The number of halogens is 1. The van der Waals surface area contributed by atoms with Gasteiger partial charge in [-0.05, 0) is 30.9 Å². The van der Waals surface area contributed by atoms with Crippen molar-refractivity contribution in [3.63, 3.8) is 0 Å². The average molecular weight is 278 g/mol. The first-order valence-electron chi connectivity index (χ1n) is 5.47. The van der Waals surface area contributed by atoms with Gasteiger partial charge in [0.2, 0.25) is 0 Å². The summed E-state index contributed by atoms with van der Waals surface area (Å²) in [6.45, 7) is 1.02. The van der Waals surface area contributed by atoms with E-state index in [4.69, 9.17) is 0 Å². The Hall–Kier alpha value is -1.16. The molecule has 0 saturated heterocycles. The zero-order valence-electron chi connectivity index (χ0n) is 8.81. The first-order chi connectivity index (χ1) is 7.81. The Morgan fingerprint density at radius 1 is 1.25 bits per heavy atom. The molecule has 16 heavy (non-hydrogen) atoms. The maximum absolute atomic E-state index is 4.19. The van der Waals surface area contributed by atoms with Crippen molar-refractivity contribution in [2.45, 2.75) is 19.4 Å². The molecule has 2 aromatic rings. The second kappa shape index (κ2) is 4.01. The van der Waals surface area contributed by atoms with Crippen molar-refractivity contribution in [3.8, 4) is 11.3 Å². The lowest BCUT2D eigenvalue weighted by atomic mass is 10.2. The van der Waals surface area contributed by atoms with Crippen LogP contribution < -0.4 is 0 Å². The van der Waals surface area contributed by atoms with Gasteiger partial charge in [0.05, 0.1) is 6.20 Å². The molecule has 1 fully saturated rings. The third-order valence-electron chi connectivity index (χ3n) is 2.82. The molecule has 0 atom stereocenters. The maximum Gasteiger partial charge on any atom is 0.113 e. The van der Waals surface area contributed by atoms with Crippen LogP contribution in [0, 0.1) is 5.92 Å². The highest BCUT2D eigenvalue weighted by atomic mass is 79.9. The lowest BCUT2D eigenvalue weighted by Gasteiger charge is -1.96. The van der Waals surface area contributed by atoms with E-state index in [2.05, 4.69) is 38.4 Å². The number of rotatable bonds is 3. The van der Waals surface area contributed by atoms with Gasteiger partial charge >= 0.3 is 0 Å². The quantitative estimate of drug-likeness (QED) is 0.863. The molecule has 3 rings (SSSR count). The van der Waals surface area contributed by atoms with E-state index in [9.17, 15) is 0 Å². The second-order valence-corrected chi connectivity index (χ2v) is 5.19. The third-order valence-corrected chi connectivity index (χ3v) is 3.35. The first kappa shape index (κ1) is 10.0. The van der Waals surface area contributed by atoms with Crippen LogP contribution in [0.5, 0.6) is 0 Å². The lowest BCUT2D eigenvalue weighted by Crippen LogP contribution is -1.99. The summed E-state index contributed by atoms with van der Waals surface area (Å²) in [6.07, 6.45) is 4.71. The summed E-state index contributed by atoms with van der Waals surface area (Å²) in [6, 6.07) is 8.15. The van der Waals surface area contributed by atoms with Crippen molar-refractivity contribution in [3.05, 3.63) is 34.9 Å². The summed E-state index contributed by atoms with van der Waals surface area (Å²) in [5.74, 6) is 0.833. The topological polar surface area (TPSA) is 30.7 Å². The molecular formula is C12H12BrN3. The van der Waals surface area contributed by atoms with Gasteiger partial charge in [-0.25, -0.2) is 0 Å². The molecule has 3 nitrogen and oxygen atoms in total. The summed E-state index contributed by atoms with van der Waals surface area (Å²) in [5.41, 5.74) is 2.07. The monoisotopic (exact) mass is 277 g/mol. The van der Waals surface area contributed by atoms with Crippen LogP contribution in [0.25, 0.3) is 11.3 Å². The van der Waals surface area contributed by atoms with Crippen molar-refractivity contribution < 1.29 is 0 Å². The van der Waals surface area contributed by atoms with E-state index in [0.29, 0.717) is 0 Å². The number of hydrogen-bond donors (Lipinski definition) is 0. The van der Waals surface area contributed by atoms with E-state index in [-0.39, 0.29) is 0 Å². The van der Waals surface area contributed by atoms with Gasteiger partial charge in [0.15, 0.2) is 0 Å². The van der Waals surface area contributed by atoms with Gasteiger partial charge < -0.3 is 0 Å². The SMILES string of the molecule is Brc1ccc(-c2cn(CC3CC3)nn2)cc1. The van der Waals surface area contributed by atoms with Gasteiger partial charge in [-0.2, -0.15) is 0 Å². The van der Waals surface area contributed by atoms with Crippen molar-refractivity contribution >= 4 is 15.9 Å². The van der Waals surface area contributed by atoms with Gasteiger partial charge in [0, 0.05) is 16.6 Å². The van der Waals surface area contributed by atoms with E-state index < -0.39 is 0 Å². The standard InChI is InChI=1S/C12H12BrN3/c13-11-5-3-10(4-6-11)12-8-16(15-14-12)7-9-1-2-9/h3-6,8-9H,1-2,7H2. The minimum atomic E-state index is 0.833. The Morgan fingerprint density at radius 3 is 2.69 bits per heavy atom. The van der Waals surface area contributed by atoms with Crippen molar-refractivity contribution in [2.24, 2.45) is 5.92 Å². The Morgan fingerprint density at radius 2 is 2.00 bits per heavy atom. The Labute approximate surface area is 103 Å². The first-order valence-corrected chi connectivity index (χ1v) is 6.26. The van der Waals surface area contributed by atoms with Gasteiger partial charge in [0.1, 0.15) is 5.69 Å². The molecule has 0 spiro atoms. The Kier molecular flexibility index (Phi) is 2.52. The van der Waals surface area contributed by atoms with Crippen LogP contribution in [0.1, 0.15) is 12.8 Å². The fourth-order valence-electron chi connectivity index (χ4n) is 1.71. The van der Waals surface area contributed by atoms with Crippen LogP contribution in [-0.2, 0) is 6.54 Å². The highest BCUT2D eigenvalue weighted by molar-refractivity contribution is 9.10. The summed E-state index contributed by atoms with van der Waals surface area (Å²) in [7, 11) is 0. The van der Waals surface area contributed by atoms with Gasteiger partial charge in [-0.15, -0.1) is 5.10 Å². The molecule has 1 heterocycles. The van der Waals surface area contributed by atoms with Gasteiger partial charge in [-0.1, -0.05) is 33.3 Å². The molecule has 0 aliphatic heterocycles. The Balaban J connectivity index is 1.82. The molecule has 1 saturated carbocycles. The molecule has 1 aromatic carbocycles. The Bertz CT molecular complexity index is 485. The van der Waals surface area contributed by atoms with Crippen LogP contribution >= 0.6 is 15.9 Å². The second-order valence-electron chi connectivity index (χ2n) is 4.28. The largest absolute Gasteiger partial charge is 0.252 e. The average Bonchev–Trinajstić information content (AvgIpc) is 2.97. The van der Waals surface area contributed by atoms with Crippen molar-refractivity contribution in [1.29, 1.82) is 0 Å². The summed E-state index contributed by atoms with van der Waals surface area (Å²) >= 11 is 3.42. The number of hydrogen-bond acceptors (Lipinski definition) is 2. The lowest BCUT2D eigenvalue weighted by molar-refractivity contribution is 0.544. The van der Waals surface area contributed by atoms with E-state index >= 15 is 0 Å². The molecule has 1 aromatic heterocycles. The minimum Gasteiger partial charge on any atom is -0.252 e. The number of aromatic nitrogens is 3. The van der Waals surface area contributed by atoms with E-state index in [1.165, 1.54) is 12.8 Å². The fraction of sp³-hybridized carbons (Fsp3) is 0.333. The third kappa shape index (κ3) is 2.16. The fourth-order valence-corrected chi connectivity index (χ4v) is 1.97. The molecule has 4 heteroatoms. The van der Waals surface area contributed by atoms with Crippen molar-refractivity contribution in [1.82, 2.24) is 15.0 Å². The molecule has 0 bridgehead atoms. The molecule has 0 N–H and O–H groups in total. The minimum absolute atomic E-state index is 0.833. The van der Waals surface area contributed by atoms with Gasteiger partial charge in [0.25, 0.3) is 0 Å². The smallest absolute Gasteiger partial charge is 0.113 e. The van der Waals surface area contributed by atoms with Crippen molar-refractivity contribution in [2.75, 3.05) is 0 Å². The van der Waals surface area contributed by atoms with Crippen LogP contribution in [0.2, 0.25) is 0 Å². The summed E-state index contributed by atoms with van der Waals surface area (Å²) in [5, 5.41) is 8.34. The van der Waals surface area contributed by atoms with Crippen LogP contribution in [0.15, 0.2) is 34.9 Å². The summed E-state index contributed by atoms with van der Waals surface area (Å²) < 4.78 is 3.04. The zero-order valence-corrected chi connectivity index (χ0v) is 10.4. The van der Waals surface area contributed by atoms with Gasteiger partial charge in [-0.3, -0.25) is 4.68 Å². The highest BCUT2D eigenvalue weighted by Crippen LogP contribution is 2.30. The molecular weight excluding hydrogens is 266 g/mol. The normalized spacial score (nSPS) is 15.3. The molecule has 0 unspecified atom stereocenters. The maximum atomic E-state index is 4.19. The molecule has 0 radical (unpaired) electrons. The predicted octanol–water partition coefficient (Wildman–Crippen LogP) is 3.12.